The van der Waals surface area contributed by atoms with Crippen LogP contribution in [0.15, 0.2) is 0 Å². The van der Waals surface area contributed by atoms with E-state index in [0.29, 0.717) is 12.5 Å². The zero-order chi connectivity index (χ0) is 17.7. The summed E-state index contributed by atoms with van der Waals surface area (Å²) in [7, 11) is 0. The van der Waals surface area contributed by atoms with Crippen molar-refractivity contribution in [2.45, 2.75) is 83.7 Å². The molecule has 0 saturated heterocycles. The van der Waals surface area contributed by atoms with E-state index < -0.39 is 0 Å². The maximum atomic E-state index is 12.6. The van der Waals surface area contributed by atoms with E-state index in [9.17, 15) is 9.59 Å². The van der Waals surface area contributed by atoms with Gasteiger partial charge in [0.1, 0.15) is 0 Å². The fourth-order valence-electron chi connectivity index (χ4n) is 3.82. The maximum absolute atomic E-state index is 12.6. The predicted molar refractivity (Wildman–Crippen MR) is 96.3 cm³/mol. The molecule has 0 aromatic carbocycles. The summed E-state index contributed by atoms with van der Waals surface area (Å²) in [6, 6.07) is 0.244. The van der Waals surface area contributed by atoms with Gasteiger partial charge in [-0.25, -0.2) is 0 Å². The second-order valence-electron chi connectivity index (χ2n) is 8.30. The molecule has 1 atom stereocenters. The van der Waals surface area contributed by atoms with Crippen LogP contribution in [0.5, 0.6) is 0 Å². The summed E-state index contributed by atoms with van der Waals surface area (Å²) >= 11 is 0. The summed E-state index contributed by atoms with van der Waals surface area (Å²) < 4.78 is 0. The molecule has 2 saturated carbocycles. The second-order valence-corrected chi connectivity index (χ2v) is 8.30. The van der Waals surface area contributed by atoms with Gasteiger partial charge < -0.3 is 16.4 Å². The molecule has 24 heavy (non-hydrogen) atoms. The van der Waals surface area contributed by atoms with E-state index in [1.54, 1.807) is 0 Å². The van der Waals surface area contributed by atoms with Crippen LogP contribution in [0, 0.1) is 17.8 Å². The molecule has 4 N–H and O–H groups in total. The third kappa shape index (κ3) is 4.71. The van der Waals surface area contributed by atoms with Crippen LogP contribution in [0.3, 0.4) is 0 Å². The van der Waals surface area contributed by atoms with Crippen molar-refractivity contribution in [3.8, 4) is 0 Å². The lowest BCUT2D eigenvalue weighted by molar-refractivity contribution is -0.128. The highest BCUT2D eigenvalue weighted by atomic mass is 16.2. The van der Waals surface area contributed by atoms with Crippen LogP contribution in [0.1, 0.15) is 72.1 Å². The number of nitrogens with two attached hydrogens (primary N) is 1. The van der Waals surface area contributed by atoms with Crippen molar-refractivity contribution in [1.29, 1.82) is 0 Å². The largest absolute Gasteiger partial charge is 0.353 e. The monoisotopic (exact) mass is 337 g/mol. The molecule has 138 valence electrons. The van der Waals surface area contributed by atoms with Gasteiger partial charge in [-0.2, -0.15) is 0 Å². The third-order valence-corrected chi connectivity index (χ3v) is 6.28. The molecule has 2 rings (SSSR count). The first-order chi connectivity index (χ1) is 11.4. The summed E-state index contributed by atoms with van der Waals surface area (Å²) in [6.45, 7) is 6.64. The number of carbonyl (C=O) groups excluding carboxylic acids is 2. The number of nitrogens with one attached hydrogen (secondary N) is 2. The molecule has 0 spiro atoms. The quantitative estimate of drug-likeness (QED) is 0.695. The van der Waals surface area contributed by atoms with Gasteiger partial charge >= 0.3 is 0 Å². The van der Waals surface area contributed by atoms with Gasteiger partial charge in [-0.3, -0.25) is 9.59 Å². The summed E-state index contributed by atoms with van der Waals surface area (Å²) in [6.07, 6.45) is 7.93. The highest BCUT2D eigenvalue weighted by Crippen LogP contribution is 2.28. The lowest BCUT2D eigenvalue weighted by Crippen LogP contribution is -2.56. The fraction of sp³-hybridized carbons (Fsp3) is 0.895. The first-order valence-corrected chi connectivity index (χ1v) is 9.68. The molecule has 2 aliphatic carbocycles. The predicted octanol–water partition coefficient (Wildman–Crippen LogP) is 2.34. The summed E-state index contributed by atoms with van der Waals surface area (Å²) in [5.74, 6) is 0.929. The second kappa shape index (κ2) is 8.32. The van der Waals surface area contributed by atoms with E-state index in [4.69, 9.17) is 5.73 Å². The van der Waals surface area contributed by atoms with Gasteiger partial charge in [0.25, 0.3) is 0 Å². The van der Waals surface area contributed by atoms with E-state index >= 15 is 0 Å². The zero-order valence-electron chi connectivity index (χ0n) is 15.6. The van der Waals surface area contributed by atoms with E-state index in [2.05, 4.69) is 24.5 Å². The molecule has 5 nitrogen and oxygen atoms in total. The van der Waals surface area contributed by atoms with Crippen LogP contribution in [-0.4, -0.2) is 29.9 Å². The fourth-order valence-corrected chi connectivity index (χ4v) is 3.82. The van der Waals surface area contributed by atoms with Crippen molar-refractivity contribution >= 4 is 11.8 Å². The summed E-state index contributed by atoms with van der Waals surface area (Å²) in [5, 5.41) is 6.37. The Balaban J connectivity index is 1.77. The smallest absolute Gasteiger partial charge is 0.223 e. The average molecular weight is 338 g/mol. The van der Waals surface area contributed by atoms with Crippen molar-refractivity contribution in [2.24, 2.45) is 23.5 Å². The van der Waals surface area contributed by atoms with E-state index in [-0.39, 0.29) is 35.2 Å². The van der Waals surface area contributed by atoms with Gasteiger partial charge in [-0.05, 0) is 51.4 Å². The number of carbonyl (C=O) groups is 2. The summed E-state index contributed by atoms with van der Waals surface area (Å²) in [5.41, 5.74) is 5.52. The Morgan fingerprint density at radius 2 is 1.54 bits per heavy atom. The molecule has 0 heterocycles. The van der Waals surface area contributed by atoms with E-state index in [0.717, 1.165) is 38.5 Å². The SMILES string of the molecule is CC(C)C(C)(CN)NC(=O)C1CCC(NC(=O)C2CCCC2)CC1. The summed E-state index contributed by atoms with van der Waals surface area (Å²) in [4.78, 5) is 24.8. The van der Waals surface area contributed by atoms with Gasteiger partial charge in [0.2, 0.25) is 11.8 Å². The zero-order valence-corrected chi connectivity index (χ0v) is 15.6. The van der Waals surface area contributed by atoms with Crippen molar-refractivity contribution in [3.63, 3.8) is 0 Å². The Hall–Kier alpha value is -1.10. The topological polar surface area (TPSA) is 84.2 Å². The first-order valence-electron chi connectivity index (χ1n) is 9.68. The highest BCUT2D eigenvalue weighted by molar-refractivity contribution is 5.80. The van der Waals surface area contributed by atoms with Crippen LogP contribution >= 0.6 is 0 Å². The molecule has 0 bridgehead atoms. The van der Waals surface area contributed by atoms with Gasteiger partial charge in [0, 0.05) is 24.4 Å². The van der Waals surface area contributed by atoms with Crippen LogP contribution < -0.4 is 16.4 Å². The van der Waals surface area contributed by atoms with Gasteiger partial charge in [-0.15, -0.1) is 0 Å². The lowest BCUT2D eigenvalue weighted by Gasteiger charge is -2.36. The molecule has 0 aliphatic heterocycles. The molecule has 0 radical (unpaired) electrons. The minimum atomic E-state index is -0.343. The highest BCUT2D eigenvalue weighted by Gasteiger charge is 2.34. The molecule has 1 unspecified atom stereocenters. The van der Waals surface area contributed by atoms with E-state index in [1.165, 1.54) is 12.8 Å². The maximum Gasteiger partial charge on any atom is 0.223 e. The van der Waals surface area contributed by atoms with Crippen molar-refractivity contribution in [3.05, 3.63) is 0 Å². The lowest BCUT2D eigenvalue weighted by atomic mass is 9.83. The Morgan fingerprint density at radius 1 is 1.00 bits per heavy atom. The Bertz CT molecular complexity index is 438. The molecule has 2 aliphatic rings. The Labute approximate surface area is 146 Å². The van der Waals surface area contributed by atoms with Gasteiger partial charge in [0.05, 0.1) is 5.54 Å². The number of amides is 2. The molecular weight excluding hydrogens is 302 g/mol. The normalized spacial score (nSPS) is 27.7. The molecular formula is C19H35N3O2. The molecule has 2 fully saturated rings. The van der Waals surface area contributed by atoms with Crippen LogP contribution in [0.2, 0.25) is 0 Å². The molecule has 0 aromatic rings. The molecule has 0 aromatic heterocycles. The standard InChI is InChI=1S/C19H35N3O2/c1-13(2)19(3,12-20)22-18(24)15-8-10-16(11-9-15)21-17(23)14-6-4-5-7-14/h13-16H,4-12,20H2,1-3H3,(H,21,23)(H,22,24). The first kappa shape index (κ1) is 19.2. The number of hydrogen-bond donors (Lipinski definition) is 3. The number of hydrogen-bond acceptors (Lipinski definition) is 3. The Kier molecular flexibility index (Phi) is 6.67. The molecule has 5 heteroatoms. The van der Waals surface area contributed by atoms with Gasteiger partial charge in [0.15, 0.2) is 0 Å². The average Bonchev–Trinajstić information content (AvgIpc) is 3.09. The van der Waals surface area contributed by atoms with Gasteiger partial charge in [-0.1, -0.05) is 26.7 Å². The van der Waals surface area contributed by atoms with Crippen molar-refractivity contribution < 1.29 is 9.59 Å². The Morgan fingerprint density at radius 3 is 2.04 bits per heavy atom. The van der Waals surface area contributed by atoms with E-state index in [1.807, 2.05) is 6.92 Å². The van der Waals surface area contributed by atoms with Crippen LogP contribution in [0.25, 0.3) is 0 Å². The molecule has 2 amide bonds. The third-order valence-electron chi connectivity index (χ3n) is 6.28. The van der Waals surface area contributed by atoms with Crippen molar-refractivity contribution in [2.75, 3.05) is 6.54 Å². The minimum Gasteiger partial charge on any atom is -0.353 e. The minimum absolute atomic E-state index is 0.0502. The van der Waals surface area contributed by atoms with Crippen LogP contribution in [0.4, 0.5) is 0 Å². The van der Waals surface area contributed by atoms with Crippen molar-refractivity contribution in [1.82, 2.24) is 10.6 Å². The number of rotatable bonds is 6. The van der Waals surface area contributed by atoms with Crippen LogP contribution in [-0.2, 0) is 9.59 Å².